The summed E-state index contributed by atoms with van der Waals surface area (Å²) in [5.74, 6) is -0.0844. The largest absolute Gasteiger partial charge is 0.329 e. The van der Waals surface area contributed by atoms with Crippen LogP contribution in [0.25, 0.3) is 21.8 Å². The van der Waals surface area contributed by atoms with Gasteiger partial charge in [-0.15, -0.1) is 0 Å². The Kier molecular flexibility index (Phi) is 5.90. The molecule has 1 atom stereocenters. The molecule has 6 N–H and O–H groups in total. The molecule has 0 saturated carbocycles. The van der Waals surface area contributed by atoms with Gasteiger partial charge in [0.1, 0.15) is 0 Å². The molecule has 0 aliphatic rings. The first-order valence-electron chi connectivity index (χ1n) is 8.85. The molecule has 0 aliphatic carbocycles. The molecular formula is C20H25N5O. The lowest BCUT2D eigenvalue weighted by atomic mass is 9.95. The summed E-state index contributed by atoms with van der Waals surface area (Å²) in [5.41, 5.74) is 19.8. The van der Waals surface area contributed by atoms with E-state index in [1.165, 1.54) is 0 Å². The van der Waals surface area contributed by atoms with E-state index < -0.39 is 6.04 Å². The van der Waals surface area contributed by atoms with E-state index in [1.807, 2.05) is 53.4 Å². The van der Waals surface area contributed by atoms with Crippen molar-refractivity contribution in [2.45, 2.75) is 6.04 Å². The van der Waals surface area contributed by atoms with E-state index >= 15 is 0 Å². The molecule has 2 aromatic carbocycles. The number of para-hydroxylation sites is 2. The van der Waals surface area contributed by atoms with Crippen LogP contribution >= 0.6 is 0 Å². The van der Waals surface area contributed by atoms with Crippen molar-refractivity contribution < 1.29 is 4.79 Å². The average Bonchev–Trinajstić information content (AvgIpc) is 2.66. The number of pyridine rings is 1. The van der Waals surface area contributed by atoms with Crippen molar-refractivity contribution in [2.24, 2.45) is 17.2 Å². The third kappa shape index (κ3) is 3.73. The fourth-order valence-corrected chi connectivity index (χ4v) is 3.31. The maximum atomic E-state index is 13.3. The van der Waals surface area contributed by atoms with Crippen LogP contribution in [-0.2, 0) is 0 Å². The van der Waals surface area contributed by atoms with E-state index in [0.717, 1.165) is 21.8 Å². The molecule has 26 heavy (non-hydrogen) atoms. The Bertz CT molecular complexity index is 851. The molecule has 3 aromatic rings. The van der Waals surface area contributed by atoms with Gasteiger partial charge in [0.15, 0.2) is 5.78 Å². The van der Waals surface area contributed by atoms with Crippen LogP contribution in [0, 0.1) is 0 Å². The number of fused-ring (bicyclic) bond motifs is 2. The van der Waals surface area contributed by atoms with E-state index in [1.54, 1.807) is 0 Å². The minimum atomic E-state index is -0.651. The molecule has 0 fully saturated rings. The van der Waals surface area contributed by atoms with Gasteiger partial charge in [-0.3, -0.25) is 9.69 Å². The van der Waals surface area contributed by atoms with E-state index in [-0.39, 0.29) is 5.78 Å². The predicted molar refractivity (Wildman–Crippen MR) is 106 cm³/mol. The SMILES string of the molecule is NCCN(CCN)CC(N)C(=O)c1c2ccccc2nc2ccccc12. The van der Waals surface area contributed by atoms with Crippen LogP contribution in [0.1, 0.15) is 10.4 Å². The van der Waals surface area contributed by atoms with E-state index in [9.17, 15) is 4.79 Å². The van der Waals surface area contributed by atoms with Crippen molar-refractivity contribution in [3.63, 3.8) is 0 Å². The maximum absolute atomic E-state index is 13.3. The van der Waals surface area contributed by atoms with Crippen molar-refractivity contribution in [1.82, 2.24) is 9.88 Å². The summed E-state index contributed by atoms with van der Waals surface area (Å²) >= 11 is 0. The van der Waals surface area contributed by atoms with Gasteiger partial charge in [-0.25, -0.2) is 4.98 Å². The fraction of sp³-hybridized carbons (Fsp3) is 0.300. The standard InChI is InChI=1S/C20H25N5O/c21-9-11-25(12-10-22)13-16(23)20(26)19-14-5-1-3-7-17(14)24-18-8-4-2-6-15(18)19/h1-8,16H,9-13,21-23H2. The highest BCUT2D eigenvalue weighted by atomic mass is 16.1. The zero-order valence-electron chi connectivity index (χ0n) is 14.8. The molecule has 0 aliphatic heterocycles. The zero-order valence-corrected chi connectivity index (χ0v) is 14.8. The Balaban J connectivity index is 2.03. The van der Waals surface area contributed by atoms with Crippen LogP contribution in [-0.4, -0.2) is 54.4 Å². The molecule has 0 spiro atoms. The Hall–Kier alpha value is -2.38. The molecule has 1 heterocycles. The van der Waals surface area contributed by atoms with E-state index in [2.05, 4.69) is 4.98 Å². The maximum Gasteiger partial charge on any atom is 0.182 e. The van der Waals surface area contributed by atoms with Crippen molar-refractivity contribution >= 4 is 27.6 Å². The molecule has 0 bridgehead atoms. The van der Waals surface area contributed by atoms with Crippen LogP contribution in [0.15, 0.2) is 48.5 Å². The Labute approximate surface area is 153 Å². The molecule has 0 amide bonds. The molecule has 3 rings (SSSR count). The van der Waals surface area contributed by atoms with Gasteiger partial charge in [0.25, 0.3) is 0 Å². The summed E-state index contributed by atoms with van der Waals surface area (Å²) in [5, 5.41) is 1.66. The van der Waals surface area contributed by atoms with Crippen LogP contribution in [0.3, 0.4) is 0 Å². The third-order valence-electron chi connectivity index (χ3n) is 4.52. The molecule has 0 saturated heterocycles. The number of hydrogen-bond acceptors (Lipinski definition) is 6. The van der Waals surface area contributed by atoms with Gasteiger partial charge in [0.05, 0.1) is 17.1 Å². The smallest absolute Gasteiger partial charge is 0.182 e. The van der Waals surface area contributed by atoms with Crippen LogP contribution in [0.2, 0.25) is 0 Å². The molecule has 136 valence electrons. The van der Waals surface area contributed by atoms with Gasteiger partial charge in [0.2, 0.25) is 0 Å². The van der Waals surface area contributed by atoms with Crippen molar-refractivity contribution in [2.75, 3.05) is 32.7 Å². The first-order valence-corrected chi connectivity index (χ1v) is 8.85. The second kappa shape index (κ2) is 8.33. The number of nitrogens with two attached hydrogens (primary N) is 3. The third-order valence-corrected chi connectivity index (χ3v) is 4.52. The minimum Gasteiger partial charge on any atom is -0.329 e. The highest BCUT2D eigenvalue weighted by molar-refractivity contribution is 6.18. The quantitative estimate of drug-likeness (QED) is 0.414. The van der Waals surface area contributed by atoms with Crippen molar-refractivity contribution in [3.05, 3.63) is 54.1 Å². The van der Waals surface area contributed by atoms with Crippen LogP contribution in [0.5, 0.6) is 0 Å². The lowest BCUT2D eigenvalue weighted by Gasteiger charge is -2.24. The summed E-state index contributed by atoms with van der Waals surface area (Å²) in [6.45, 7) is 2.76. The Morgan fingerprint density at radius 3 is 1.92 bits per heavy atom. The first-order chi connectivity index (χ1) is 12.7. The number of benzene rings is 2. The molecule has 1 aromatic heterocycles. The number of carbonyl (C=O) groups excluding carboxylic acids is 1. The zero-order chi connectivity index (χ0) is 18.5. The van der Waals surface area contributed by atoms with E-state index in [4.69, 9.17) is 17.2 Å². The molecule has 0 radical (unpaired) electrons. The highest BCUT2D eigenvalue weighted by Gasteiger charge is 2.23. The highest BCUT2D eigenvalue weighted by Crippen LogP contribution is 2.26. The number of ketones is 1. The van der Waals surface area contributed by atoms with Crippen LogP contribution < -0.4 is 17.2 Å². The Morgan fingerprint density at radius 1 is 0.923 bits per heavy atom. The van der Waals surface area contributed by atoms with Crippen molar-refractivity contribution in [1.29, 1.82) is 0 Å². The van der Waals surface area contributed by atoms with Gasteiger partial charge < -0.3 is 17.2 Å². The lowest BCUT2D eigenvalue weighted by Crippen LogP contribution is -2.46. The number of nitrogens with zero attached hydrogens (tertiary/aromatic N) is 2. The van der Waals surface area contributed by atoms with Gasteiger partial charge in [-0.1, -0.05) is 36.4 Å². The van der Waals surface area contributed by atoms with Gasteiger partial charge in [-0.2, -0.15) is 0 Å². The second-order valence-corrected chi connectivity index (χ2v) is 6.37. The molecular weight excluding hydrogens is 326 g/mol. The van der Waals surface area contributed by atoms with Crippen molar-refractivity contribution in [3.8, 4) is 0 Å². The number of carbonyl (C=O) groups is 1. The summed E-state index contributed by atoms with van der Waals surface area (Å²) in [4.78, 5) is 20.0. The number of hydrogen-bond donors (Lipinski definition) is 3. The summed E-state index contributed by atoms with van der Waals surface area (Å²) in [6, 6.07) is 14.7. The minimum absolute atomic E-state index is 0.0844. The molecule has 1 unspecified atom stereocenters. The van der Waals surface area contributed by atoms with E-state index in [0.29, 0.717) is 38.3 Å². The molecule has 6 heteroatoms. The monoisotopic (exact) mass is 351 g/mol. The average molecular weight is 351 g/mol. The summed E-state index contributed by atoms with van der Waals surface area (Å²) in [7, 11) is 0. The number of rotatable bonds is 8. The first kappa shape index (κ1) is 18.4. The normalized spacial score (nSPS) is 12.8. The Morgan fingerprint density at radius 2 is 1.42 bits per heavy atom. The lowest BCUT2D eigenvalue weighted by molar-refractivity contribution is 0.0940. The topological polar surface area (TPSA) is 111 Å². The summed E-state index contributed by atoms with van der Waals surface area (Å²) in [6.07, 6.45) is 0. The van der Waals surface area contributed by atoms with Gasteiger partial charge in [-0.05, 0) is 12.1 Å². The summed E-state index contributed by atoms with van der Waals surface area (Å²) < 4.78 is 0. The van der Waals surface area contributed by atoms with Crippen LogP contribution in [0.4, 0.5) is 0 Å². The number of Topliss-reactive ketones (excluding diaryl/α,β-unsaturated/α-hetero) is 1. The molecule has 6 nitrogen and oxygen atoms in total. The van der Waals surface area contributed by atoms with Gasteiger partial charge in [0, 0.05) is 49.1 Å². The predicted octanol–water partition coefficient (Wildman–Crippen LogP) is 1.12. The van der Waals surface area contributed by atoms with Gasteiger partial charge >= 0.3 is 0 Å². The fourth-order valence-electron chi connectivity index (χ4n) is 3.31. The second-order valence-electron chi connectivity index (χ2n) is 6.37. The number of aromatic nitrogens is 1.